The van der Waals surface area contributed by atoms with Crippen molar-refractivity contribution >= 4 is 23.2 Å². The van der Waals surface area contributed by atoms with Gasteiger partial charge in [-0.25, -0.2) is 4.98 Å². The molecule has 0 unspecified atom stereocenters. The van der Waals surface area contributed by atoms with E-state index in [1.54, 1.807) is 12.1 Å². The van der Waals surface area contributed by atoms with Gasteiger partial charge in [-0.15, -0.1) is 0 Å². The number of benzene rings is 1. The fourth-order valence-corrected chi connectivity index (χ4v) is 2.19. The molecule has 1 aromatic carbocycles. The number of amides is 2. The Labute approximate surface area is 147 Å². The van der Waals surface area contributed by atoms with Crippen LogP contribution in [-0.4, -0.2) is 44.5 Å². The highest BCUT2D eigenvalue weighted by Crippen LogP contribution is 2.19. The maximum atomic E-state index is 11.9. The molecule has 1 heterocycles. The molecular formula is C18H22N4O3. The van der Waals surface area contributed by atoms with Gasteiger partial charge in [-0.05, 0) is 36.2 Å². The summed E-state index contributed by atoms with van der Waals surface area (Å²) in [6.45, 7) is 0.373. The van der Waals surface area contributed by atoms with E-state index < -0.39 is 11.8 Å². The van der Waals surface area contributed by atoms with Crippen LogP contribution in [0.5, 0.6) is 5.88 Å². The van der Waals surface area contributed by atoms with Crippen molar-refractivity contribution in [1.29, 1.82) is 0 Å². The third-order valence-electron chi connectivity index (χ3n) is 3.57. The molecule has 0 fully saturated rings. The Balaban J connectivity index is 1.82. The zero-order valence-electron chi connectivity index (χ0n) is 14.6. The standard InChI is InChI=1S/C18H22N4O3/c1-22(2)14-8-6-13(7-9-14)10-12-19-16(23)17(24)21-15-5-4-11-20-18(15)25-3/h4-9,11H,10,12H2,1-3H3,(H,19,23)(H,21,24). The van der Waals surface area contributed by atoms with Crippen molar-refractivity contribution in [3.05, 3.63) is 48.2 Å². The lowest BCUT2D eigenvalue weighted by atomic mass is 10.1. The Hall–Kier alpha value is -3.09. The molecule has 2 amide bonds. The maximum absolute atomic E-state index is 11.9. The van der Waals surface area contributed by atoms with E-state index in [0.29, 0.717) is 18.7 Å². The van der Waals surface area contributed by atoms with E-state index in [9.17, 15) is 9.59 Å². The lowest BCUT2D eigenvalue weighted by Gasteiger charge is -2.12. The summed E-state index contributed by atoms with van der Waals surface area (Å²) in [5.41, 5.74) is 2.54. The topological polar surface area (TPSA) is 83.6 Å². The van der Waals surface area contributed by atoms with Crippen LogP contribution in [-0.2, 0) is 16.0 Å². The number of pyridine rings is 1. The van der Waals surface area contributed by atoms with Gasteiger partial charge in [-0.2, -0.15) is 0 Å². The van der Waals surface area contributed by atoms with E-state index >= 15 is 0 Å². The highest BCUT2D eigenvalue weighted by molar-refractivity contribution is 6.39. The predicted octanol–water partition coefficient (Wildman–Crippen LogP) is 1.45. The van der Waals surface area contributed by atoms with Gasteiger partial charge in [0.2, 0.25) is 5.88 Å². The number of anilines is 2. The fraction of sp³-hybridized carbons (Fsp3) is 0.278. The van der Waals surface area contributed by atoms with Crippen LogP contribution in [0.2, 0.25) is 0 Å². The maximum Gasteiger partial charge on any atom is 0.313 e. The molecule has 25 heavy (non-hydrogen) atoms. The van der Waals surface area contributed by atoms with Crippen molar-refractivity contribution in [1.82, 2.24) is 10.3 Å². The number of carbonyl (C=O) groups excluding carboxylic acids is 2. The zero-order valence-corrected chi connectivity index (χ0v) is 14.6. The number of nitrogens with zero attached hydrogens (tertiary/aromatic N) is 2. The minimum Gasteiger partial charge on any atom is -0.480 e. The van der Waals surface area contributed by atoms with E-state index in [4.69, 9.17) is 4.74 Å². The van der Waals surface area contributed by atoms with Crippen LogP contribution in [0.3, 0.4) is 0 Å². The van der Waals surface area contributed by atoms with E-state index in [0.717, 1.165) is 11.3 Å². The third-order valence-corrected chi connectivity index (χ3v) is 3.57. The largest absolute Gasteiger partial charge is 0.480 e. The minimum absolute atomic E-state index is 0.254. The van der Waals surface area contributed by atoms with Crippen molar-refractivity contribution in [3.63, 3.8) is 0 Å². The molecule has 0 atom stereocenters. The number of methoxy groups -OCH3 is 1. The lowest BCUT2D eigenvalue weighted by Crippen LogP contribution is -2.36. The number of nitrogens with one attached hydrogen (secondary N) is 2. The quantitative estimate of drug-likeness (QED) is 0.777. The molecule has 7 nitrogen and oxygen atoms in total. The average Bonchev–Trinajstić information content (AvgIpc) is 2.62. The molecule has 0 saturated carbocycles. The van der Waals surface area contributed by atoms with Gasteiger partial charge in [0, 0.05) is 32.5 Å². The Morgan fingerprint density at radius 1 is 1.12 bits per heavy atom. The molecule has 132 valence electrons. The number of aromatic nitrogens is 1. The zero-order chi connectivity index (χ0) is 18.2. The second-order valence-electron chi connectivity index (χ2n) is 5.58. The molecule has 0 spiro atoms. The summed E-state index contributed by atoms with van der Waals surface area (Å²) in [4.78, 5) is 29.8. The van der Waals surface area contributed by atoms with Gasteiger partial charge in [-0.3, -0.25) is 9.59 Å². The molecule has 1 aromatic heterocycles. The minimum atomic E-state index is -0.755. The molecule has 0 aliphatic carbocycles. The average molecular weight is 342 g/mol. The van der Waals surface area contributed by atoms with Gasteiger partial charge in [0.25, 0.3) is 0 Å². The second kappa shape index (κ2) is 8.68. The third kappa shape index (κ3) is 5.20. The summed E-state index contributed by atoms with van der Waals surface area (Å²) in [6, 6.07) is 11.3. The van der Waals surface area contributed by atoms with Crippen molar-refractivity contribution in [3.8, 4) is 5.88 Å². The van der Waals surface area contributed by atoms with Crippen LogP contribution >= 0.6 is 0 Å². The fourth-order valence-electron chi connectivity index (χ4n) is 2.19. The Morgan fingerprint density at radius 3 is 2.48 bits per heavy atom. The van der Waals surface area contributed by atoms with Gasteiger partial charge in [0.05, 0.1) is 7.11 Å². The van der Waals surface area contributed by atoms with E-state index in [1.807, 2.05) is 43.3 Å². The molecule has 0 bridgehead atoms. The number of carbonyl (C=O) groups is 2. The SMILES string of the molecule is COc1ncccc1NC(=O)C(=O)NCCc1ccc(N(C)C)cc1. The van der Waals surface area contributed by atoms with Crippen LogP contribution in [0.25, 0.3) is 0 Å². The van der Waals surface area contributed by atoms with Gasteiger partial charge in [0.15, 0.2) is 0 Å². The number of ether oxygens (including phenoxy) is 1. The molecule has 0 aliphatic heterocycles. The van der Waals surface area contributed by atoms with E-state index in [2.05, 4.69) is 15.6 Å². The van der Waals surface area contributed by atoms with E-state index in [1.165, 1.54) is 13.3 Å². The Morgan fingerprint density at radius 2 is 1.84 bits per heavy atom. The summed E-state index contributed by atoms with van der Waals surface area (Å²) >= 11 is 0. The number of rotatable bonds is 6. The molecule has 0 saturated heterocycles. The molecule has 2 N–H and O–H groups in total. The van der Waals surface area contributed by atoms with Crippen molar-refractivity contribution in [2.24, 2.45) is 0 Å². The van der Waals surface area contributed by atoms with Crippen LogP contribution in [0, 0.1) is 0 Å². The summed E-state index contributed by atoms with van der Waals surface area (Å²) in [5, 5.41) is 5.09. The first-order valence-electron chi connectivity index (χ1n) is 7.85. The molecule has 2 aromatic rings. The predicted molar refractivity (Wildman–Crippen MR) is 96.9 cm³/mol. The molecular weight excluding hydrogens is 320 g/mol. The number of hydrogen-bond acceptors (Lipinski definition) is 5. The first-order chi connectivity index (χ1) is 12.0. The van der Waals surface area contributed by atoms with Gasteiger partial charge < -0.3 is 20.3 Å². The molecule has 0 aliphatic rings. The first kappa shape index (κ1) is 18.3. The van der Waals surface area contributed by atoms with Crippen molar-refractivity contribution < 1.29 is 14.3 Å². The molecule has 0 radical (unpaired) electrons. The Kier molecular flexibility index (Phi) is 6.33. The van der Waals surface area contributed by atoms with E-state index in [-0.39, 0.29) is 5.88 Å². The van der Waals surface area contributed by atoms with Gasteiger partial charge >= 0.3 is 11.8 Å². The second-order valence-corrected chi connectivity index (χ2v) is 5.58. The molecule has 7 heteroatoms. The highest BCUT2D eigenvalue weighted by atomic mass is 16.5. The first-order valence-corrected chi connectivity index (χ1v) is 7.85. The molecule has 2 rings (SSSR count). The van der Waals surface area contributed by atoms with Crippen molar-refractivity contribution in [2.45, 2.75) is 6.42 Å². The Bertz CT molecular complexity index is 729. The summed E-state index contributed by atoms with van der Waals surface area (Å²) < 4.78 is 5.03. The van der Waals surface area contributed by atoms with Crippen LogP contribution in [0.1, 0.15) is 5.56 Å². The van der Waals surface area contributed by atoms with Crippen LogP contribution in [0.15, 0.2) is 42.6 Å². The van der Waals surface area contributed by atoms with Gasteiger partial charge in [-0.1, -0.05) is 12.1 Å². The van der Waals surface area contributed by atoms with Crippen LogP contribution < -0.4 is 20.3 Å². The smallest absolute Gasteiger partial charge is 0.313 e. The van der Waals surface area contributed by atoms with Crippen LogP contribution in [0.4, 0.5) is 11.4 Å². The summed E-state index contributed by atoms with van der Waals surface area (Å²) in [5.74, 6) is -1.20. The van der Waals surface area contributed by atoms with Crippen molar-refractivity contribution in [2.75, 3.05) is 38.0 Å². The normalized spacial score (nSPS) is 10.0. The highest BCUT2D eigenvalue weighted by Gasteiger charge is 2.15. The summed E-state index contributed by atoms with van der Waals surface area (Å²) in [7, 11) is 5.40. The monoisotopic (exact) mass is 342 g/mol. The number of hydrogen-bond donors (Lipinski definition) is 2. The van der Waals surface area contributed by atoms with Gasteiger partial charge in [0.1, 0.15) is 5.69 Å². The summed E-state index contributed by atoms with van der Waals surface area (Å²) in [6.07, 6.45) is 2.18. The lowest BCUT2D eigenvalue weighted by molar-refractivity contribution is -0.136.